The van der Waals surface area contributed by atoms with Gasteiger partial charge in [-0.1, -0.05) is 24.3 Å². The van der Waals surface area contributed by atoms with E-state index in [1.54, 1.807) is 56.0 Å². The van der Waals surface area contributed by atoms with Crippen molar-refractivity contribution in [3.63, 3.8) is 0 Å². The van der Waals surface area contributed by atoms with E-state index in [4.69, 9.17) is 9.47 Å². The van der Waals surface area contributed by atoms with E-state index in [0.717, 1.165) is 16.3 Å². The van der Waals surface area contributed by atoms with Crippen molar-refractivity contribution in [1.82, 2.24) is 14.8 Å². The van der Waals surface area contributed by atoms with Crippen LogP contribution in [0.5, 0.6) is 5.75 Å². The van der Waals surface area contributed by atoms with Gasteiger partial charge in [0.25, 0.3) is 5.56 Å². The zero-order chi connectivity index (χ0) is 38.2. The number of carbonyl (C=O) groups excluding carboxylic acids is 2. The van der Waals surface area contributed by atoms with E-state index in [2.05, 4.69) is 5.32 Å². The maximum Gasteiger partial charge on any atom is 0.416 e. The SMILES string of the molecule is CCOC(=O)C[C@@H]1NC(=O)[C@@H](n2cc(CCN3CC(F)C3)c(C(F)(F)F)cc2=O)c2cc(ccc2C)COc2cccc(C)c2-c2cc(C)c(F)c1c2. The van der Waals surface area contributed by atoms with E-state index in [1.165, 1.54) is 6.07 Å². The van der Waals surface area contributed by atoms with E-state index < -0.39 is 59.7 Å². The van der Waals surface area contributed by atoms with Crippen molar-refractivity contribution in [2.75, 3.05) is 26.2 Å². The summed E-state index contributed by atoms with van der Waals surface area (Å²) in [6, 6.07) is 11.4. The summed E-state index contributed by atoms with van der Waals surface area (Å²) in [6.07, 6.45) is -5.58. The van der Waals surface area contributed by atoms with Gasteiger partial charge in [-0.3, -0.25) is 23.9 Å². The molecule has 13 heteroatoms. The fraction of sp³-hybridized carbons (Fsp3) is 0.375. The molecule has 0 radical (unpaired) electrons. The Morgan fingerprint density at radius 1 is 0.981 bits per heavy atom. The first-order valence-electron chi connectivity index (χ1n) is 17.4. The standard InChI is InChI=1S/C40H40F5N3O5/c1-5-52-35(50)17-32-30-15-27(13-24(4)37(30)42)36-23(3)7-6-8-33(36)53-21-25-10-9-22(2)29(14-25)38(39(51)46-32)48-18-26(11-12-47-19-28(41)20-47)31(16-34(48)49)40(43,44)45/h6-10,13-16,18,28,32,38H,5,11-12,17,19-21H2,1-4H3,(H,46,51)/t32-,38-/m0/s1. The number of rotatable bonds is 7. The zero-order valence-electron chi connectivity index (χ0n) is 29.8. The van der Waals surface area contributed by atoms with Crippen LogP contribution in [0, 0.1) is 26.6 Å². The maximum absolute atomic E-state index is 16.2. The third-order valence-electron chi connectivity index (χ3n) is 9.81. The summed E-state index contributed by atoms with van der Waals surface area (Å²) in [5.74, 6) is -1.79. The number of esters is 1. The monoisotopic (exact) mass is 737 g/mol. The number of carbonyl (C=O) groups is 2. The Kier molecular flexibility index (Phi) is 10.8. The summed E-state index contributed by atoms with van der Waals surface area (Å²) in [5, 5.41) is 2.78. The first-order chi connectivity index (χ1) is 25.1. The lowest BCUT2D eigenvalue weighted by molar-refractivity contribution is -0.144. The molecule has 3 aromatic carbocycles. The highest BCUT2D eigenvalue weighted by molar-refractivity contribution is 5.85. The largest absolute Gasteiger partial charge is 0.488 e. The van der Waals surface area contributed by atoms with Crippen LogP contribution in [0.4, 0.5) is 22.0 Å². The molecule has 0 spiro atoms. The minimum absolute atomic E-state index is 0.0205. The van der Waals surface area contributed by atoms with Gasteiger partial charge < -0.3 is 14.8 Å². The second kappa shape index (κ2) is 15.1. The predicted octanol–water partition coefficient (Wildman–Crippen LogP) is 7.09. The van der Waals surface area contributed by atoms with Gasteiger partial charge in [-0.25, -0.2) is 8.78 Å². The molecule has 1 aromatic heterocycles. The molecule has 4 bridgehead atoms. The first kappa shape index (κ1) is 37.7. The van der Waals surface area contributed by atoms with Gasteiger partial charge >= 0.3 is 12.1 Å². The summed E-state index contributed by atoms with van der Waals surface area (Å²) in [7, 11) is 0. The van der Waals surface area contributed by atoms with Crippen LogP contribution in [-0.2, 0) is 33.5 Å². The van der Waals surface area contributed by atoms with Crippen LogP contribution in [0.3, 0.4) is 0 Å². The molecule has 3 heterocycles. The van der Waals surface area contributed by atoms with Crippen LogP contribution in [-0.4, -0.2) is 53.8 Å². The van der Waals surface area contributed by atoms with E-state index in [1.807, 2.05) is 19.1 Å². The number of pyridine rings is 1. The van der Waals surface area contributed by atoms with Gasteiger partial charge in [-0.15, -0.1) is 0 Å². The molecule has 6 rings (SSSR count). The van der Waals surface area contributed by atoms with Crippen molar-refractivity contribution >= 4 is 11.9 Å². The van der Waals surface area contributed by atoms with Gasteiger partial charge in [0.15, 0.2) is 0 Å². The number of fused-ring (bicyclic) bond motifs is 6. The highest BCUT2D eigenvalue weighted by Gasteiger charge is 2.37. The Balaban J connectivity index is 1.56. The molecule has 1 saturated heterocycles. The molecule has 0 saturated carbocycles. The molecule has 2 aliphatic heterocycles. The molecule has 8 nitrogen and oxygen atoms in total. The molecule has 53 heavy (non-hydrogen) atoms. The Morgan fingerprint density at radius 2 is 1.74 bits per heavy atom. The Hall–Kier alpha value is -5.04. The van der Waals surface area contributed by atoms with Crippen LogP contribution >= 0.6 is 0 Å². The highest BCUT2D eigenvalue weighted by atomic mass is 19.4. The lowest BCUT2D eigenvalue weighted by atomic mass is 9.91. The lowest BCUT2D eigenvalue weighted by Gasteiger charge is -2.34. The van der Waals surface area contributed by atoms with Crippen molar-refractivity contribution in [3.05, 3.63) is 121 Å². The number of nitrogens with zero attached hydrogens (tertiary/aromatic N) is 2. The number of alkyl halides is 4. The quantitative estimate of drug-likeness (QED) is 0.161. The van der Waals surface area contributed by atoms with Crippen molar-refractivity contribution in [3.8, 4) is 16.9 Å². The molecular formula is C40H40F5N3O5. The van der Waals surface area contributed by atoms with Gasteiger partial charge in [0, 0.05) is 43.0 Å². The molecule has 1 N–H and O–H groups in total. The average Bonchev–Trinajstić information content (AvgIpc) is 3.07. The second-order valence-electron chi connectivity index (χ2n) is 13.7. The van der Waals surface area contributed by atoms with Crippen LogP contribution in [0.1, 0.15) is 69.9 Å². The fourth-order valence-electron chi connectivity index (χ4n) is 7.08. The summed E-state index contributed by atoms with van der Waals surface area (Å²) in [5.41, 5.74) is 1.18. The van der Waals surface area contributed by atoms with E-state index in [-0.39, 0.29) is 61.5 Å². The number of aryl methyl sites for hydroxylation is 3. The van der Waals surface area contributed by atoms with E-state index >= 15 is 4.39 Å². The smallest absolute Gasteiger partial charge is 0.416 e. The fourth-order valence-corrected chi connectivity index (χ4v) is 7.08. The molecule has 1 amide bonds. The molecule has 0 unspecified atom stereocenters. The zero-order valence-corrected chi connectivity index (χ0v) is 29.8. The Bertz CT molecular complexity index is 2110. The van der Waals surface area contributed by atoms with Crippen molar-refractivity contribution in [1.29, 1.82) is 0 Å². The number of benzene rings is 3. The normalized spacial score (nSPS) is 17.9. The minimum Gasteiger partial charge on any atom is -0.488 e. The summed E-state index contributed by atoms with van der Waals surface area (Å²) in [6.45, 7) is 7.05. The minimum atomic E-state index is -4.89. The maximum atomic E-state index is 16.2. The van der Waals surface area contributed by atoms with Crippen molar-refractivity contribution in [2.24, 2.45) is 0 Å². The number of amides is 1. The molecule has 280 valence electrons. The molecule has 0 aliphatic carbocycles. The number of ether oxygens (including phenoxy) is 2. The lowest BCUT2D eigenvalue weighted by Crippen LogP contribution is -2.49. The Morgan fingerprint density at radius 3 is 2.43 bits per heavy atom. The van der Waals surface area contributed by atoms with Gasteiger partial charge in [0.1, 0.15) is 30.4 Å². The Labute approximate surface area is 303 Å². The van der Waals surface area contributed by atoms with Crippen LogP contribution < -0.4 is 15.6 Å². The number of likely N-dealkylation sites (tertiary alicyclic amines) is 1. The summed E-state index contributed by atoms with van der Waals surface area (Å²) >= 11 is 0. The summed E-state index contributed by atoms with van der Waals surface area (Å²) < 4.78 is 85.1. The van der Waals surface area contributed by atoms with Crippen LogP contribution in [0.2, 0.25) is 0 Å². The van der Waals surface area contributed by atoms with E-state index in [9.17, 15) is 31.9 Å². The third kappa shape index (κ3) is 8.00. The average molecular weight is 738 g/mol. The molecule has 1 fully saturated rings. The number of nitrogens with one attached hydrogen (secondary N) is 1. The number of halogens is 5. The van der Waals surface area contributed by atoms with Crippen LogP contribution in [0.15, 0.2) is 65.6 Å². The first-order valence-corrected chi connectivity index (χ1v) is 17.4. The predicted molar refractivity (Wildman–Crippen MR) is 188 cm³/mol. The summed E-state index contributed by atoms with van der Waals surface area (Å²) in [4.78, 5) is 43.1. The number of hydrogen-bond acceptors (Lipinski definition) is 6. The number of aromatic nitrogens is 1. The van der Waals surface area contributed by atoms with E-state index in [0.29, 0.717) is 34.1 Å². The van der Waals surface area contributed by atoms with Crippen molar-refractivity contribution in [2.45, 2.75) is 71.6 Å². The molecule has 2 aliphatic rings. The van der Waals surface area contributed by atoms with Gasteiger partial charge in [-0.2, -0.15) is 13.2 Å². The van der Waals surface area contributed by atoms with Gasteiger partial charge in [-0.05, 0) is 97.3 Å². The second-order valence-corrected chi connectivity index (χ2v) is 13.7. The van der Waals surface area contributed by atoms with Gasteiger partial charge in [0.2, 0.25) is 5.91 Å². The van der Waals surface area contributed by atoms with Gasteiger partial charge in [0.05, 0.1) is 24.6 Å². The van der Waals surface area contributed by atoms with Crippen molar-refractivity contribution < 1.29 is 41.0 Å². The third-order valence-corrected chi connectivity index (χ3v) is 9.81. The van der Waals surface area contributed by atoms with Crippen LogP contribution in [0.25, 0.3) is 11.1 Å². The molecular weight excluding hydrogens is 697 g/mol. The molecule has 2 atom stereocenters. The molecule has 4 aromatic rings. The number of hydrogen-bond donors (Lipinski definition) is 1. The highest BCUT2D eigenvalue weighted by Crippen LogP contribution is 2.39. The topological polar surface area (TPSA) is 89.9 Å².